The molecule has 7 nitrogen and oxygen atoms in total. The van der Waals surface area contributed by atoms with Crippen LogP contribution in [0.4, 0.5) is 0 Å². The van der Waals surface area contributed by atoms with Crippen LogP contribution in [0.5, 0.6) is 0 Å². The fourth-order valence-electron chi connectivity index (χ4n) is 4.27. The zero-order valence-corrected chi connectivity index (χ0v) is 17.6. The number of pyridine rings is 1. The summed E-state index contributed by atoms with van der Waals surface area (Å²) in [7, 11) is -2.04. The fraction of sp³-hybridized carbons (Fsp3) is 0.318. The molecule has 0 bridgehead atoms. The van der Waals surface area contributed by atoms with Crippen molar-refractivity contribution in [2.75, 3.05) is 0 Å². The lowest BCUT2D eigenvalue weighted by molar-refractivity contribution is 0.443. The Bertz CT molecular complexity index is 1300. The highest BCUT2D eigenvalue weighted by atomic mass is 32.2. The quantitative estimate of drug-likeness (QED) is 0.495. The first-order chi connectivity index (χ1) is 14.5. The third-order valence-corrected chi connectivity index (χ3v) is 7.42. The molecule has 0 N–H and O–H groups in total. The summed E-state index contributed by atoms with van der Waals surface area (Å²) < 4.78 is 29.4. The summed E-state index contributed by atoms with van der Waals surface area (Å²) in [5, 5.41) is 9.50. The van der Waals surface area contributed by atoms with Gasteiger partial charge in [-0.15, -0.1) is 4.09 Å². The average molecular weight is 422 g/mol. The summed E-state index contributed by atoms with van der Waals surface area (Å²) in [6.45, 7) is 0. The summed E-state index contributed by atoms with van der Waals surface area (Å²) in [5.74, 6) is 0.464. The number of benzene rings is 1. The fourth-order valence-corrected chi connectivity index (χ4v) is 5.53. The first-order valence-electron chi connectivity index (χ1n) is 10.2. The minimum atomic E-state index is -3.87. The molecule has 1 fully saturated rings. The third kappa shape index (κ3) is 3.21. The molecule has 3 heterocycles. The lowest BCUT2D eigenvalue weighted by Crippen LogP contribution is -2.15. The number of rotatable bonds is 4. The van der Waals surface area contributed by atoms with E-state index in [4.69, 9.17) is 0 Å². The molecule has 5 rings (SSSR count). The van der Waals surface area contributed by atoms with Crippen molar-refractivity contribution in [3.8, 4) is 11.3 Å². The van der Waals surface area contributed by atoms with Crippen molar-refractivity contribution in [2.45, 2.75) is 42.9 Å². The van der Waals surface area contributed by atoms with Crippen LogP contribution in [0.15, 0.2) is 59.9 Å². The van der Waals surface area contributed by atoms with Crippen LogP contribution in [-0.4, -0.2) is 32.4 Å². The molecule has 0 spiro atoms. The molecule has 0 unspecified atom stereocenters. The Morgan fingerprint density at radius 1 is 1.03 bits per heavy atom. The number of aromatic nitrogens is 5. The molecule has 8 heteroatoms. The zero-order chi connectivity index (χ0) is 20.7. The normalized spacial score (nSPS) is 15.6. The lowest BCUT2D eigenvalue weighted by Gasteiger charge is -2.21. The number of aryl methyl sites for hydroxylation is 1. The molecule has 1 aliphatic carbocycles. The van der Waals surface area contributed by atoms with Gasteiger partial charge < -0.3 is 0 Å². The van der Waals surface area contributed by atoms with E-state index in [1.807, 2.05) is 19.4 Å². The van der Waals surface area contributed by atoms with Gasteiger partial charge in [-0.3, -0.25) is 4.68 Å². The van der Waals surface area contributed by atoms with Crippen LogP contribution in [-0.2, 0) is 17.1 Å². The molecule has 1 aromatic carbocycles. The molecule has 1 aliphatic rings. The van der Waals surface area contributed by atoms with Gasteiger partial charge in [-0.25, -0.2) is 4.98 Å². The Morgan fingerprint density at radius 3 is 2.50 bits per heavy atom. The van der Waals surface area contributed by atoms with E-state index in [2.05, 4.69) is 21.2 Å². The molecule has 0 radical (unpaired) electrons. The highest BCUT2D eigenvalue weighted by Gasteiger charge is 2.26. The predicted octanol–water partition coefficient (Wildman–Crippen LogP) is 4.12. The van der Waals surface area contributed by atoms with Crippen LogP contribution in [0.1, 0.15) is 43.6 Å². The average Bonchev–Trinajstić information content (AvgIpc) is 3.38. The third-order valence-electron chi connectivity index (χ3n) is 5.84. The Morgan fingerprint density at radius 2 is 1.80 bits per heavy atom. The second-order valence-corrected chi connectivity index (χ2v) is 9.65. The summed E-state index contributed by atoms with van der Waals surface area (Å²) >= 11 is 0. The maximum Gasteiger partial charge on any atom is 0.284 e. The van der Waals surface area contributed by atoms with E-state index >= 15 is 0 Å². The lowest BCUT2D eigenvalue weighted by atomic mass is 9.84. The van der Waals surface area contributed by atoms with Gasteiger partial charge in [0, 0.05) is 30.4 Å². The molecule has 0 atom stereocenters. The summed E-state index contributed by atoms with van der Waals surface area (Å²) in [6, 6.07) is 10.4. The first kappa shape index (κ1) is 19.0. The van der Waals surface area contributed by atoms with E-state index in [9.17, 15) is 8.42 Å². The monoisotopic (exact) mass is 421 g/mol. The van der Waals surface area contributed by atoms with E-state index in [-0.39, 0.29) is 4.90 Å². The standard InChI is InChI=1S/C22H23N5O2S/c1-26-15-18(14-24-26)21-20-12-17(16-8-4-2-5-9-16)13-23-22(20)27(25-21)30(28,29)19-10-6-3-7-11-19/h3,6-7,10-16H,2,4-5,8-9H2,1H3. The predicted molar refractivity (Wildman–Crippen MR) is 115 cm³/mol. The van der Waals surface area contributed by atoms with E-state index in [0.717, 1.165) is 33.4 Å². The van der Waals surface area contributed by atoms with Gasteiger partial charge in [0.05, 0.1) is 11.1 Å². The van der Waals surface area contributed by atoms with Gasteiger partial charge in [-0.1, -0.05) is 37.5 Å². The van der Waals surface area contributed by atoms with Gasteiger partial charge in [-0.2, -0.15) is 18.6 Å². The number of hydrogen-bond donors (Lipinski definition) is 0. The SMILES string of the molecule is Cn1cc(-c2nn(S(=O)(=O)c3ccccc3)c3ncc(C4CCCCC4)cc23)cn1. The first-order valence-corrected chi connectivity index (χ1v) is 11.7. The Kier molecular flexibility index (Phi) is 4.66. The second-order valence-electron chi connectivity index (χ2n) is 7.89. The van der Waals surface area contributed by atoms with Gasteiger partial charge in [0.2, 0.25) is 0 Å². The topological polar surface area (TPSA) is 82.7 Å². The van der Waals surface area contributed by atoms with Crippen molar-refractivity contribution in [1.82, 2.24) is 24.0 Å². The maximum atomic E-state index is 13.3. The zero-order valence-electron chi connectivity index (χ0n) is 16.8. The van der Waals surface area contributed by atoms with Crippen molar-refractivity contribution in [1.29, 1.82) is 0 Å². The van der Waals surface area contributed by atoms with Gasteiger partial charge in [0.15, 0.2) is 5.65 Å². The minimum absolute atomic E-state index is 0.185. The van der Waals surface area contributed by atoms with E-state index in [0.29, 0.717) is 17.3 Å². The van der Waals surface area contributed by atoms with Gasteiger partial charge in [0.25, 0.3) is 10.0 Å². The minimum Gasteiger partial charge on any atom is -0.275 e. The largest absolute Gasteiger partial charge is 0.284 e. The maximum absolute atomic E-state index is 13.3. The number of fused-ring (bicyclic) bond motifs is 1. The molecule has 30 heavy (non-hydrogen) atoms. The molecule has 1 saturated carbocycles. The van der Waals surface area contributed by atoms with Crippen molar-refractivity contribution in [2.24, 2.45) is 7.05 Å². The van der Waals surface area contributed by atoms with Crippen LogP contribution in [0.25, 0.3) is 22.3 Å². The highest BCUT2D eigenvalue weighted by Crippen LogP contribution is 2.36. The van der Waals surface area contributed by atoms with Crippen LogP contribution < -0.4 is 0 Å². The molecule has 4 aromatic rings. The van der Waals surface area contributed by atoms with Crippen LogP contribution in [0.2, 0.25) is 0 Å². The highest BCUT2D eigenvalue weighted by molar-refractivity contribution is 7.90. The van der Waals surface area contributed by atoms with Crippen LogP contribution in [0, 0.1) is 0 Å². The summed E-state index contributed by atoms with van der Waals surface area (Å²) in [5.41, 5.74) is 2.86. The Labute approximate surface area is 175 Å². The smallest absolute Gasteiger partial charge is 0.275 e. The molecule has 0 saturated heterocycles. The van der Waals surface area contributed by atoms with Crippen molar-refractivity contribution in [3.63, 3.8) is 0 Å². The molecule has 3 aromatic heterocycles. The van der Waals surface area contributed by atoms with Crippen LogP contribution >= 0.6 is 0 Å². The number of hydrogen-bond acceptors (Lipinski definition) is 5. The summed E-state index contributed by atoms with van der Waals surface area (Å²) in [4.78, 5) is 4.78. The molecule has 0 amide bonds. The van der Waals surface area contributed by atoms with Gasteiger partial charge >= 0.3 is 0 Å². The van der Waals surface area contributed by atoms with E-state index < -0.39 is 10.0 Å². The molecule has 154 valence electrons. The van der Waals surface area contributed by atoms with Crippen molar-refractivity contribution < 1.29 is 8.42 Å². The van der Waals surface area contributed by atoms with E-state index in [1.165, 1.54) is 19.3 Å². The van der Waals surface area contributed by atoms with E-state index in [1.54, 1.807) is 41.2 Å². The molecular formula is C22H23N5O2S. The van der Waals surface area contributed by atoms with Crippen LogP contribution in [0.3, 0.4) is 0 Å². The molecule has 0 aliphatic heterocycles. The Hall–Kier alpha value is -3.00. The summed E-state index contributed by atoms with van der Waals surface area (Å²) in [6.07, 6.45) is 11.4. The Balaban J connectivity index is 1.72. The van der Waals surface area contributed by atoms with Crippen molar-refractivity contribution in [3.05, 3.63) is 60.6 Å². The van der Waals surface area contributed by atoms with Gasteiger partial charge in [0.1, 0.15) is 5.69 Å². The number of nitrogens with zero attached hydrogens (tertiary/aromatic N) is 5. The van der Waals surface area contributed by atoms with Crippen molar-refractivity contribution >= 4 is 21.1 Å². The second kappa shape index (κ2) is 7.36. The van der Waals surface area contributed by atoms with Gasteiger partial charge in [-0.05, 0) is 42.5 Å². The molecular weight excluding hydrogens is 398 g/mol.